The van der Waals surface area contributed by atoms with Crippen LogP contribution in [0, 0.1) is 19.8 Å². The predicted octanol–water partition coefficient (Wildman–Crippen LogP) is 2.69. The van der Waals surface area contributed by atoms with Gasteiger partial charge in [-0.25, -0.2) is 14.6 Å². The number of nitrogens with zero attached hydrogens (tertiary/aromatic N) is 5. The lowest BCUT2D eigenvalue weighted by Crippen LogP contribution is -2.54. The first-order valence-corrected chi connectivity index (χ1v) is 9.51. The number of hydrogen-bond acceptors (Lipinski definition) is 5. The first kappa shape index (κ1) is 18.4. The lowest BCUT2D eigenvalue weighted by Gasteiger charge is -2.39. The lowest BCUT2D eigenvalue weighted by molar-refractivity contribution is -0.125. The van der Waals surface area contributed by atoms with Gasteiger partial charge >= 0.3 is 0 Å². The van der Waals surface area contributed by atoms with Crippen molar-refractivity contribution in [3.05, 3.63) is 64.7 Å². The number of rotatable bonds is 5. The Morgan fingerprint density at radius 3 is 2.64 bits per heavy atom. The molecule has 3 heterocycles. The van der Waals surface area contributed by atoms with Crippen LogP contribution in [0.1, 0.15) is 17.0 Å². The zero-order chi connectivity index (χ0) is 19.7. The Balaban J connectivity index is 1.36. The molecule has 7 nitrogen and oxygen atoms in total. The van der Waals surface area contributed by atoms with E-state index < -0.39 is 0 Å². The molecular weight excluding hydrogens is 376 g/mol. The fourth-order valence-electron chi connectivity index (χ4n) is 3.29. The number of carbonyl (C=O) groups is 1. The van der Waals surface area contributed by atoms with E-state index in [1.165, 1.54) is 6.33 Å². The minimum Gasteiger partial charge on any atom is -0.355 e. The zero-order valence-electron chi connectivity index (χ0n) is 15.8. The average Bonchev–Trinajstić information content (AvgIpc) is 2.98. The summed E-state index contributed by atoms with van der Waals surface area (Å²) in [4.78, 5) is 23.1. The third-order valence-electron chi connectivity index (χ3n) is 4.85. The van der Waals surface area contributed by atoms with Crippen LogP contribution in [0.5, 0.6) is 0 Å². The molecule has 2 aromatic heterocycles. The Hall–Kier alpha value is -2.93. The molecule has 0 atom stereocenters. The van der Waals surface area contributed by atoms with E-state index in [0.717, 1.165) is 28.6 Å². The molecule has 4 rings (SSSR count). The van der Waals surface area contributed by atoms with Gasteiger partial charge in [0.05, 0.1) is 11.6 Å². The first-order valence-electron chi connectivity index (χ1n) is 9.13. The van der Waals surface area contributed by atoms with Gasteiger partial charge in [-0.15, -0.1) is 0 Å². The van der Waals surface area contributed by atoms with E-state index in [2.05, 4.69) is 25.3 Å². The monoisotopic (exact) mass is 396 g/mol. The molecule has 0 saturated carbocycles. The van der Waals surface area contributed by atoms with Gasteiger partial charge in [0.25, 0.3) is 0 Å². The van der Waals surface area contributed by atoms with Crippen molar-refractivity contribution in [2.24, 2.45) is 5.92 Å². The molecular formula is C20H21ClN6O. The van der Waals surface area contributed by atoms with Crippen molar-refractivity contribution in [2.75, 3.05) is 18.0 Å². The van der Waals surface area contributed by atoms with Crippen molar-refractivity contribution >= 4 is 23.3 Å². The number of halogens is 1. The molecule has 1 fully saturated rings. The van der Waals surface area contributed by atoms with Gasteiger partial charge in [0, 0.05) is 36.4 Å². The summed E-state index contributed by atoms with van der Waals surface area (Å²) in [7, 11) is 0. The van der Waals surface area contributed by atoms with Gasteiger partial charge in [-0.3, -0.25) is 4.79 Å². The third kappa shape index (κ3) is 3.71. The van der Waals surface area contributed by atoms with Crippen molar-refractivity contribution in [3.8, 4) is 5.82 Å². The number of aryl methyl sites for hydroxylation is 2. The van der Waals surface area contributed by atoms with Gasteiger partial charge in [0.1, 0.15) is 12.1 Å². The molecule has 8 heteroatoms. The van der Waals surface area contributed by atoms with Crippen molar-refractivity contribution < 1.29 is 4.79 Å². The zero-order valence-corrected chi connectivity index (χ0v) is 16.5. The number of carbonyl (C=O) groups excluding carboxylic acids is 1. The quantitative estimate of drug-likeness (QED) is 0.717. The van der Waals surface area contributed by atoms with Crippen molar-refractivity contribution in [2.45, 2.75) is 20.4 Å². The molecule has 28 heavy (non-hydrogen) atoms. The van der Waals surface area contributed by atoms with Crippen molar-refractivity contribution in [3.63, 3.8) is 0 Å². The van der Waals surface area contributed by atoms with Crippen LogP contribution in [0.2, 0.25) is 5.02 Å². The van der Waals surface area contributed by atoms with Crippen LogP contribution >= 0.6 is 11.6 Å². The molecule has 1 N–H and O–H groups in total. The number of anilines is 1. The van der Waals surface area contributed by atoms with Gasteiger partial charge in [0.2, 0.25) is 5.91 Å². The van der Waals surface area contributed by atoms with Crippen LogP contribution in [0.15, 0.2) is 42.7 Å². The number of hydrogen-bond donors (Lipinski definition) is 1. The van der Waals surface area contributed by atoms with Gasteiger partial charge < -0.3 is 10.2 Å². The Morgan fingerprint density at radius 2 is 1.93 bits per heavy atom. The van der Waals surface area contributed by atoms with E-state index in [4.69, 9.17) is 11.6 Å². The maximum absolute atomic E-state index is 12.4. The predicted molar refractivity (Wildman–Crippen MR) is 108 cm³/mol. The summed E-state index contributed by atoms with van der Waals surface area (Å²) in [5.74, 6) is 1.49. The lowest BCUT2D eigenvalue weighted by atomic mass is 9.99. The van der Waals surface area contributed by atoms with E-state index in [9.17, 15) is 4.79 Å². The Labute approximate surface area is 168 Å². The highest BCUT2D eigenvalue weighted by atomic mass is 35.5. The van der Waals surface area contributed by atoms with Crippen LogP contribution in [-0.4, -0.2) is 38.7 Å². The van der Waals surface area contributed by atoms with E-state index in [1.54, 1.807) is 4.68 Å². The number of aromatic nitrogens is 4. The standard InChI is InChI=1S/C20H21ClN6O/c1-13-7-14(2)27(25-13)19-8-18(23-12-24-19)26-10-16(11-26)20(28)22-9-15-5-3-4-6-17(15)21/h3-8,12,16H,9-11H2,1-2H3,(H,22,28). The molecule has 0 radical (unpaired) electrons. The molecule has 0 unspecified atom stereocenters. The molecule has 1 saturated heterocycles. The van der Waals surface area contributed by atoms with E-state index >= 15 is 0 Å². The maximum atomic E-state index is 12.4. The topological polar surface area (TPSA) is 75.9 Å². The highest BCUT2D eigenvalue weighted by Crippen LogP contribution is 2.24. The minimum atomic E-state index is -0.0606. The number of amides is 1. The second-order valence-corrected chi connectivity index (χ2v) is 7.39. The van der Waals surface area contributed by atoms with Crippen molar-refractivity contribution in [1.82, 2.24) is 25.1 Å². The molecule has 0 bridgehead atoms. The van der Waals surface area contributed by atoms with Crippen LogP contribution in [0.25, 0.3) is 5.82 Å². The van der Waals surface area contributed by atoms with E-state index in [1.807, 2.05) is 50.2 Å². The Bertz CT molecular complexity index is 1010. The summed E-state index contributed by atoms with van der Waals surface area (Å²) in [6, 6.07) is 11.4. The summed E-state index contributed by atoms with van der Waals surface area (Å²) >= 11 is 6.14. The van der Waals surface area contributed by atoms with Crippen LogP contribution in [-0.2, 0) is 11.3 Å². The summed E-state index contributed by atoms with van der Waals surface area (Å²) in [5.41, 5.74) is 2.87. The van der Waals surface area contributed by atoms with E-state index in [-0.39, 0.29) is 11.8 Å². The molecule has 0 spiro atoms. The Kier molecular flexibility index (Phi) is 5.00. The molecule has 1 aliphatic heterocycles. The fourth-order valence-corrected chi connectivity index (χ4v) is 3.49. The smallest absolute Gasteiger partial charge is 0.226 e. The summed E-state index contributed by atoms with van der Waals surface area (Å²) in [6.45, 7) is 5.63. The van der Waals surface area contributed by atoms with Crippen molar-refractivity contribution in [1.29, 1.82) is 0 Å². The van der Waals surface area contributed by atoms with Crippen LogP contribution in [0.3, 0.4) is 0 Å². The van der Waals surface area contributed by atoms with Gasteiger partial charge in [-0.2, -0.15) is 5.10 Å². The maximum Gasteiger partial charge on any atom is 0.226 e. The normalized spacial score (nSPS) is 14.0. The molecule has 3 aromatic rings. The van der Waals surface area contributed by atoms with Gasteiger partial charge in [-0.1, -0.05) is 29.8 Å². The summed E-state index contributed by atoms with van der Waals surface area (Å²) in [5, 5.41) is 8.09. The largest absolute Gasteiger partial charge is 0.355 e. The van der Waals surface area contributed by atoms with Crippen LogP contribution in [0.4, 0.5) is 5.82 Å². The molecule has 1 aromatic carbocycles. The fraction of sp³-hybridized carbons (Fsp3) is 0.300. The highest BCUT2D eigenvalue weighted by Gasteiger charge is 2.33. The summed E-state index contributed by atoms with van der Waals surface area (Å²) in [6.07, 6.45) is 1.53. The average molecular weight is 397 g/mol. The van der Waals surface area contributed by atoms with E-state index in [0.29, 0.717) is 24.7 Å². The molecule has 1 amide bonds. The van der Waals surface area contributed by atoms with Gasteiger partial charge in [-0.05, 0) is 31.5 Å². The number of benzene rings is 1. The SMILES string of the molecule is Cc1cc(C)n(-c2cc(N3CC(C(=O)NCc4ccccc4Cl)C3)ncn2)n1. The second-order valence-electron chi connectivity index (χ2n) is 6.98. The minimum absolute atomic E-state index is 0.0315. The second kappa shape index (κ2) is 7.59. The third-order valence-corrected chi connectivity index (χ3v) is 5.22. The number of nitrogens with one attached hydrogen (secondary N) is 1. The highest BCUT2D eigenvalue weighted by molar-refractivity contribution is 6.31. The molecule has 144 valence electrons. The first-order chi connectivity index (χ1) is 13.5. The van der Waals surface area contributed by atoms with Crippen LogP contribution < -0.4 is 10.2 Å². The molecule has 1 aliphatic rings. The summed E-state index contributed by atoms with van der Waals surface area (Å²) < 4.78 is 1.80. The molecule has 0 aliphatic carbocycles. The van der Waals surface area contributed by atoms with Gasteiger partial charge in [0.15, 0.2) is 5.82 Å². The Morgan fingerprint density at radius 1 is 1.18 bits per heavy atom.